The molecule has 0 aromatic rings. The lowest BCUT2D eigenvalue weighted by Gasteiger charge is -2.58. The van der Waals surface area contributed by atoms with Gasteiger partial charge in [-0.3, -0.25) is 0 Å². The molecule has 17 heteroatoms. The van der Waals surface area contributed by atoms with Crippen LogP contribution in [0.4, 0.5) is 0 Å². The summed E-state index contributed by atoms with van der Waals surface area (Å²) >= 11 is 0. The van der Waals surface area contributed by atoms with Gasteiger partial charge in [0.2, 0.25) is 0 Å². The number of hydrogen-bond donors (Lipinski definition) is 11. The average molecular weight is 889 g/mol. The average Bonchev–Trinajstić information content (AvgIpc) is 3.54. The van der Waals surface area contributed by atoms with Gasteiger partial charge in [0.05, 0.1) is 37.6 Å². The Morgan fingerprint density at radius 2 is 1.31 bits per heavy atom. The molecule has 3 saturated carbocycles. The minimum absolute atomic E-state index is 0.0985. The molecule has 62 heavy (non-hydrogen) atoms. The zero-order valence-electron chi connectivity index (χ0n) is 37.1. The monoisotopic (exact) mass is 889 g/mol. The first kappa shape index (κ1) is 49.0. The number of aliphatic hydroxyl groups is 11. The molecule has 3 aliphatic heterocycles. The van der Waals surface area contributed by atoms with E-state index in [2.05, 4.69) is 40.7 Å². The van der Waals surface area contributed by atoms with Gasteiger partial charge in [-0.05, 0) is 111 Å². The van der Waals surface area contributed by atoms with Gasteiger partial charge in [0.25, 0.3) is 0 Å². The number of hydrogen-bond acceptors (Lipinski definition) is 17. The van der Waals surface area contributed by atoms with Crippen LogP contribution in [0.5, 0.6) is 0 Å². The van der Waals surface area contributed by atoms with Crippen molar-refractivity contribution in [3.63, 3.8) is 0 Å². The van der Waals surface area contributed by atoms with E-state index in [1.807, 2.05) is 0 Å². The van der Waals surface area contributed by atoms with E-state index >= 15 is 0 Å². The van der Waals surface area contributed by atoms with Crippen LogP contribution in [0.2, 0.25) is 0 Å². The Morgan fingerprint density at radius 1 is 0.694 bits per heavy atom. The fourth-order valence-corrected chi connectivity index (χ4v) is 13.0. The molecule has 6 fully saturated rings. The molecule has 0 radical (unpaired) electrons. The number of rotatable bonds is 13. The third-order valence-corrected chi connectivity index (χ3v) is 16.8. The number of fused-ring (bicyclic) bond motifs is 5. The SMILES string of the molecule is CC(C)CC[C@H](O)[C@@H](C)[C@H]1[C@@H](O[C@@H]2O[C@H](CO)[C@@H](O)[C@H](O)[C@H]2O)C[C@H]2[C@@H]3CC=C4C[C@@H](O[C@@H]5O[C@H](CO)[C@@H](O[C@@H]6O[C@@H](C)[C@H](O)[C@@H](O)[C@H]6O)[C@H](O)[C@H]5O)CC[C@]4(C)[C@H]3CC[C@]12C. The van der Waals surface area contributed by atoms with Crippen molar-refractivity contribution < 1.29 is 84.6 Å². The van der Waals surface area contributed by atoms with Crippen LogP contribution in [0.3, 0.4) is 0 Å². The van der Waals surface area contributed by atoms with Gasteiger partial charge in [0, 0.05) is 0 Å². The van der Waals surface area contributed by atoms with Crippen molar-refractivity contribution in [3.8, 4) is 0 Å². The van der Waals surface area contributed by atoms with Gasteiger partial charge >= 0.3 is 0 Å². The van der Waals surface area contributed by atoms with E-state index < -0.39 is 118 Å². The molecule has 358 valence electrons. The minimum Gasteiger partial charge on any atom is -0.394 e. The molecule has 4 aliphatic carbocycles. The van der Waals surface area contributed by atoms with Crippen molar-refractivity contribution in [2.75, 3.05) is 13.2 Å². The van der Waals surface area contributed by atoms with Gasteiger partial charge in [0.15, 0.2) is 18.9 Å². The Bertz CT molecular complexity index is 1520. The summed E-state index contributed by atoms with van der Waals surface area (Å²) in [5, 5.41) is 117. The number of allylic oxidation sites excluding steroid dienone is 1. The zero-order chi connectivity index (χ0) is 45.2. The Labute approximate surface area is 364 Å². The summed E-state index contributed by atoms with van der Waals surface area (Å²) in [6, 6.07) is 0. The first-order valence-electron chi connectivity index (χ1n) is 23.2. The summed E-state index contributed by atoms with van der Waals surface area (Å²) in [5.74, 6) is 1.03. The predicted molar refractivity (Wildman–Crippen MR) is 218 cm³/mol. The molecule has 3 heterocycles. The highest BCUT2D eigenvalue weighted by Crippen LogP contribution is 2.68. The zero-order valence-corrected chi connectivity index (χ0v) is 37.1. The third-order valence-electron chi connectivity index (χ3n) is 16.8. The van der Waals surface area contributed by atoms with Crippen LogP contribution < -0.4 is 0 Å². The maximum atomic E-state index is 11.7. The molecule has 0 aromatic heterocycles. The summed E-state index contributed by atoms with van der Waals surface area (Å²) in [7, 11) is 0. The molecule has 0 amide bonds. The van der Waals surface area contributed by atoms with E-state index in [-0.39, 0.29) is 34.7 Å². The van der Waals surface area contributed by atoms with E-state index in [0.29, 0.717) is 43.4 Å². The summed E-state index contributed by atoms with van der Waals surface area (Å²) in [6.45, 7) is 11.4. The highest BCUT2D eigenvalue weighted by Gasteiger charge is 2.64. The van der Waals surface area contributed by atoms with Gasteiger partial charge in [-0.15, -0.1) is 0 Å². The second-order valence-corrected chi connectivity index (χ2v) is 20.8. The second kappa shape index (κ2) is 19.3. The van der Waals surface area contributed by atoms with Crippen molar-refractivity contribution in [2.45, 2.75) is 210 Å². The Balaban J connectivity index is 1.05. The molecule has 0 bridgehead atoms. The van der Waals surface area contributed by atoms with E-state index in [1.54, 1.807) is 0 Å². The molecular formula is C45H76O17. The van der Waals surface area contributed by atoms with Crippen LogP contribution in [0, 0.1) is 46.3 Å². The van der Waals surface area contributed by atoms with Crippen LogP contribution in [0.15, 0.2) is 11.6 Å². The summed E-state index contributed by atoms with van der Waals surface area (Å²) in [6.07, 6.45) is -13.1. The topological polar surface area (TPSA) is 278 Å². The van der Waals surface area contributed by atoms with Crippen molar-refractivity contribution >= 4 is 0 Å². The summed E-state index contributed by atoms with van der Waals surface area (Å²) in [4.78, 5) is 0. The van der Waals surface area contributed by atoms with Crippen LogP contribution in [-0.4, -0.2) is 180 Å². The molecule has 0 unspecified atom stereocenters. The molecule has 0 aromatic carbocycles. The Kier molecular flexibility index (Phi) is 15.3. The molecule has 7 aliphatic rings. The van der Waals surface area contributed by atoms with Crippen molar-refractivity contribution in [2.24, 2.45) is 46.3 Å². The van der Waals surface area contributed by atoms with Crippen molar-refractivity contribution in [1.29, 1.82) is 0 Å². The molecule has 17 nitrogen and oxygen atoms in total. The lowest BCUT2D eigenvalue weighted by molar-refractivity contribution is -0.360. The normalized spacial score (nSPS) is 51.8. The summed E-state index contributed by atoms with van der Waals surface area (Å²) < 4.78 is 36.2. The summed E-state index contributed by atoms with van der Waals surface area (Å²) in [5.41, 5.74) is 0.900. The molecule has 11 N–H and O–H groups in total. The Morgan fingerprint density at radius 3 is 1.97 bits per heavy atom. The van der Waals surface area contributed by atoms with Crippen LogP contribution in [0.1, 0.15) is 99.3 Å². The van der Waals surface area contributed by atoms with Gasteiger partial charge in [-0.2, -0.15) is 0 Å². The predicted octanol–water partition coefficient (Wildman–Crippen LogP) is -0.169. The molecule has 0 spiro atoms. The fourth-order valence-electron chi connectivity index (χ4n) is 13.0. The highest BCUT2D eigenvalue weighted by molar-refractivity contribution is 5.26. The van der Waals surface area contributed by atoms with Crippen LogP contribution in [0.25, 0.3) is 0 Å². The molecule has 7 rings (SSSR count). The lowest BCUT2D eigenvalue weighted by Crippen LogP contribution is -2.64. The standard InChI is InChI=1S/C45H76O17/c1-19(2)7-10-27(48)20(3)31-28(59-43-38(55)35(52)33(50)29(17-46)60-43)16-26-24-9-8-22-15-23(11-13-44(22,5)25(24)12-14-45(26,31)6)58-42-39(56)36(53)40(30(18-47)61-42)62-41-37(54)34(51)32(49)21(4)57-41/h8,19-21,23-43,46-56H,7,9-18H2,1-6H3/t20-,21+,23+,24-,25+,26+,27+,28+,29-,30-,31+,32+,33-,34-,35+,36-,37-,38-,39-,40-,41+,42-,43-,44+,45+/m1/s1. The van der Waals surface area contributed by atoms with Crippen LogP contribution >= 0.6 is 0 Å². The maximum Gasteiger partial charge on any atom is 0.187 e. The van der Waals surface area contributed by atoms with E-state index in [4.69, 9.17) is 28.4 Å². The first-order chi connectivity index (χ1) is 29.2. The Hall–Kier alpha value is -0.940. The molecule has 25 atom stereocenters. The van der Waals surface area contributed by atoms with Crippen molar-refractivity contribution in [3.05, 3.63) is 11.6 Å². The second-order valence-electron chi connectivity index (χ2n) is 20.8. The first-order valence-corrected chi connectivity index (χ1v) is 23.2. The smallest absolute Gasteiger partial charge is 0.187 e. The van der Waals surface area contributed by atoms with E-state index in [9.17, 15) is 56.2 Å². The maximum absolute atomic E-state index is 11.7. The fraction of sp³-hybridized carbons (Fsp3) is 0.956. The van der Waals surface area contributed by atoms with E-state index in [0.717, 1.165) is 32.1 Å². The highest BCUT2D eigenvalue weighted by atomic mass is 16.7. The molecule has 3 saturated heterocycles. The van der Waals surface area contributed by atoms with E-state index in [1.165, 1.54) is 12.5 Å². The third kappa shape index (κ3) is 8.96. The quantitative estimate of drug-likeness (QED) is 0.107. The van der Waals surface area contributed by atoms with Gasteiger partial charge in [-0.25, -0.2) is 0 Å². The minimum atomic E-state index is -1.66. The van der Waals surface area contributed by atoms with Crippen LogP contribution in [-0.2, 0) is 28.4 Å². The lowest BCUT2D eigenvalue weighted by atomic mass is 9.47. The largest absolute Gasteiger partial charge is 0.394 e. The van der Waals surface area contributed by atoms with Gasteiger partial charge in [0.1, 0.15) is 67.1 Å². The van der Waals surface area contributed by atoms with Gasteiger partial charge in [-0.1, -0.05) is 46.3 Å². The number of ether oxygens (including phenoxy) is 6. The van der Waals surface area contributed by atoms with Gasteiger partial charge < -0.3 is 84.6 Å². The molecular weight excluding hydrogens is 812 g/mol. The van der Waals surface area contributed by atoms with Crippen molar-refractivity contribution in [1.82, 2.24) is 0 Å². The number of aliphatic hydroxyl groups excluding tert-OH is 11.